The summed E-state index contributed by atoms with van der Waals surface area (Å²) in [5.41, 5.74) is 6.41. The van der Waals surface area contributed by atoms with E-state index in [9.17, 15) is 4.79 Å². The fourth-order valence-corrected chi connectivity index (χ4v) is 1.76. The number of halogens is 1. The maximum atomic E-state index is 11.8. The molecule has 2 rings (SSSR count). The van der Waals surface area contributed by atoms with Gasteiger partial charge in [0.15, 0.2) is 0 Å². The van der Waals surface area contributed by atoms with Crippen LogP contribution in [0, 0.1) is 5.92 Å². The standard InChI is InChI=1S/C10H12BrN3O2/c11-9-2-1-6(3-13-9)14-10(15)7-4-16-5-8(7)12/h1-3,7-8H,4-5,12H2,(H,14,15). The maximum Gasteiger partial charge on any atom is 0.231 e. The first-order chi connectivity index (χ1) is 7.66. The van der Waals surface area contributed by atoms with E-state index in [1.807, 2.05) is 0 Å². The lowest BCUT2D eigenvalue weighted by molar-refractivity contribution is -0.120. The lowest BCUT2D eigenvalue weighted by Gasteiger charge is -2.12. The van der Waals surface area contributed by atoms with Gasteiger partial charge < -0.3 is 15.8 Å². The van der Waals surface area contributed by atoms with Crippen LogP contribution < -0.4 is 11.1 Å². The number of hydrogen-bond donors (Lipinski definition) is 2. The Hall–Kier alpha value is -0.980. The van der Waals surface area contributed by atoms with Gasteiger partial charge in [-0.15, -0.1) is 0 Å². The SMILES string of the molecule is NC1COCC1C(=O)Nc1ccc(Br)nc1. The van der Waals surface area contributed by atoms with E-state index in [4.69, 9.17) is 10.5 Å². The number of hydrogen-bond acceptors (Lipinski definition) is 4. The first kappa shape index (κ1) is 11.5. The smallest absolute Gasteiger partial charge is 0.231 e. The largest absolute Gasteiger partial charge is 0.379 e. The fraction of sp³-hybridized carbons (Fsp3) is 0.400. The third kappa shape index (κ3) is 2.58. The summed E-state index contributed by atoms with van der Waals surface area (Å²) in [6.07, 6.45) is 1.59. The molecule has 2 unspecified atom stereocenters. The van der Waals surface area contributed by atoms with E-state index in [1.165, 1.54) is 0 Å². The molecule has 2 atom stereocenters. The van der Waals surface area contributed by atoms with Gasteiger partial charge in [0, 0.05) is 6.04 Å². The van der Waals surface area contributed by atoms with Crippen LogP contribution in [0.25, 0.3) is 0 Å². The van der Waals surface area contributed by atoms with Gasteiger partial charge in [-0.1, -0.05) is 0 Å². The van der Waals surface area contributed by atoms with Gasteiger partial charge in [-0.3, -0.25) is 4.79 Å². The fourth-order valence-electron chi connectivity index (χ4n) is 1.53. The first-order valence-corrected chi connectivity index (χ1v) is 5.72. The summed E-state index contributed by atoms with van der Waals surface area (Å²) in [6.45, 7) is 0.827. The number of aromatic nitrogens is 1. The molecule has 0 saturated carbocycles. The van der Waals surface area contributed by atoms with Gasteiger partial charge in [-0.05, 0) is 28.1 Å². The number of anilines is 1. The lowest BCUT2D eigenvalue weighted by Crippen LogP contribution is -2.37. The lowest BCUT2D eigenvalue weighted by atomic mass is 10.0. The second-order valence-corrected chi connectivity index (χ2v) is 4.48. The van der Waals surface area contributed by atoms with Crippen molar-refractivity contribution in [1.29, 1.82) is 0 Å². The van der Waals surface area contributed by atoms with Gasteiger partial charge in [0.2, 0.25) is 5.91 Å². The van der Waals surface area contributed by atoms with Gasteiger partial charge in [0.25, 0.3) is 0 Å². The summed E-state index contributed by atoms with van der Waals surface area (Å²) in [4.78, 5) is 15.8. The van der Waals surface area contributed by atoms with Gasteiger partial charge in [-0.25, -0.2) is 4.98 Å². The summed E-state index contributed by atoms with van der Waals surface area (Å²) in [5, 5.41) is 2.76. The molecule has 1 aliphatic rings. The number of carbonyl (C=O) groups excluding carboxylic acids is 1. The number of nitrogens with two attached hydrogens (primary N) is 1. The molecule has 1 amide bonds. The Morgan fingerprint density at radius 2 is 2.38 bits per heavy atom. The molecule has 2 heterocycles. The number of amides is 1. The van der Waals surface area contributed by atoms with Gasteiger partial charge >= 0.3 is 0 Å². The highest BCUT2D eigenvalue weighted by Crippen LogP contribution is 2.16. The van der Waals surface area contributed by atoms with Gasteiger partial charge in [0.05, 0.1) is 31.0 Å². The average Bonchev–Trinajstić information content (AvgIpc) is 2.68. The molecule has 0 radical (unpaired) electrons. The molecule has 1 aromatic heterocycles. The molecule has 6 heteroatoms. The summed E-state index contributed by atoms with van der Waals surface area (Å²) >= 11 is 3.22. The van der Waals surface area contributed by atoms with Crippen LogP contribution >= 0.6 is 15.9 Å². The molecule has 5 nitrogen and oxygen atoms in total. The van der Waals surface area contributed by atoms with Gasteiger partial charge in [0.1, 0.15) is 4.60 Å². The minimum absolute atomic E-state index is 0.117. The summed E-state index contributed by atoms with van der Waals surface area (Å²) in [6, 6.07) is 3.32. The molecule has 1 aliphatic heterocycles. The van der Waals surface area contributed by atoms with Crippen LogP contribution in [0.3, 0.4) is 0 Å². The highest BCUT2D eigenvalue weighted by Gasteiger charge is 2.31. The molecule has 1 fully saturated rings. The summed E-state index contributed by atoms with van der Waals surface area (Å²) in [5.74, 6) is -0.391. The number of nitrogens with zero attached hydrogens (tertiary/aromatic N) is 1. The predicted molar refractivity (Wildman–Crippen MR) is 62.9 cm³/mol. The number of carbonyl (C=O) groups is 1. The first-order valence-electron chi connectivity index (χ1n) is 4.92. The zero-order chi connectivity index (χ0) is 11.5. The van der Waals surface area contributed by atoms with Crippen LogP contribution in [0.5, 0.6) is 0 Å². The van der Waals surface area contributed by atoms with E-state index < -0.39 is 0 Å². The Labute approximate surface area is 102 Å². The minimum atomic E-state index is -0.274. The van der Waals surface area contributed by atoms with Crippen molar-refractivity contribution in [2.75, 3.05) is 18.5 Å². The molecule has 0 bridgehead atoms. The molecule has 16 heavy (non-hydrogen) atoms. The predicted octanol–water partition coefficient (Wildman–Crippen LogP) is 0.756. The summed E-state index contributed by atoms with van der Waals surface area (Å²) in [7, 11) is 0. The van der Waals surface area contributed by atoms with E-state index in [0.717, 1.165) is 4.60 Å². The highest BCUT2D eigenvalue weighted by atomic mass is 79.9. The molecular weight excluding hydrogens is 274 g/mol. The van der Waals surface area contributed by atoms with Crippen LogP contribution in [0.4, 0.5) is 5.69 Å². The van der Waals surface area contributed by atoms with Crippen LogP contribution in [-0.2, 0) is 9.53 Å². The Morgan fingerprint density at radius 1 is 1.56 bits per heavy atom. The minimum Gasteiger partial charge on any atom is -0.379 e. The van der Waals surface area contributed by atoms with Crippen LogP contribution in [0.2, 0.25) is 0 Å². The molecule has 1 aromatic rings. The van der Waals surface area contributed by atoms with E-state index >= 15 is 0 Å². The van der Waals surface area contributed by atoms with Crippen molar-refractivity contribution in [2.24, 2.45) is 11.7 Å². The van der Waals surface area contributed by atoms with E-state index in [0.29, 0.717) is 18.9 Å². The van der Waals surface area contributed by atoms with Crippen LogP contribution in [0.1, 0.15) is 0 Å². The maximum absolute atomic E-state index is 11.8. The Morgan fingerprint density at radius 3 is 2.94 bits per heavy atom. The zero-order valence-corrected chi connectivity index (χ0v) is 10.1. The molecule has 0 aromatic carbocycles. The molecular formula is C10H12BrN3O2. The molecule has 0 aliphatic carbocycles. The normalized spacial score (nSPS) is 24.4. The average molecular weight is 286 g/mol. The van der Waals surface area contributed by atoms with Crippen molar-refractivity contribution in [2.45, 2.75) is 6.04 Å². The van der Waals surface area contributed by atoms with E-state index in [-0.39, 0.29) is 17.9 Å². The quantitative estimate of drug-likeness (QED) is 0.787. The topological polar surface area (TPSA) is 77.2 Å². The number of pyridine rings is 1. The molecule has 86 valence electrons. The molecule has 3 N–H and O–H groups in total. The van der Waals surface area contributed by atoms with Crippen molar-refractivity contribution in [1.82, 2.24) is 4.98 Å². The Balaban J connectivity index is 1.99. The second-order valence-electron chi connectivity index (χ2n) is 3.67. The van der Waals surface area contributed by atoms with Crippen molar-refractivity contribution in [3.8, 4) is 0 Å². The zero-order valence-electron chi connectivity index (χ0n) is 8.52. The Bertz CT molecular complexity index is 382. The Kier molecular flexibility index (Phi) is 3.52. The van der Waals surface area contributed by atoms with Crippen molar-refractivity contribution in [3.05, 3.63) is 22.9 Å². The van der Waals surface area contributed by atoms with E-state index in [1.54, 1.807) is 18.3 Å². The van der Waals surface area contributed by atoms with Crippen LogP contribution in [0.15, 0.2) is 22.9 Å². The molecule has 0 spiro atoms. The van der Waals surface area contributed by atoms with Crippen molar-refractivity contribution >= 4 is 27.5 Å². The number of nitrogens with one attached hydrogen (secondary N) is 1. The van der Waals surface area contributed by atoms with Gasteiger partial charge in [-0.2, -0.15) is 0 Å². The summed E-state index contributed by atoms with van der Waals surface area (Å²) < 4.78 is 5.87. The third-order valence-corrected chi connectivity index (χ3v) is 2.93. The van der Waals surface area contributed by atoms with Crippen LogP contribution in [-0.4, -0.2) is 30.1 Å². The number of rotatable bonds is 2. The monoisotopic (exact) mass is 285 g/mol. The van der Waals surface area contributed by atoms with Crippen molar-refractivity contribution < 1.29 is 9.53 Å². The molecule has 1 saturated heterocycles. The number of ether oxygens (including phenoxy) is 1. The third-order valence-electron chi connectivity index (χ3n) is 2.46. The second kappa shape index (κ2) is 4.90. The van der Waals surface area contributed by atoms with Crippen molar-refractivity contribution in [3.63, 3.8) is 0 Å². The van der Waals surface area contributed by atoms with E-state index in [2.05, 4.69) is 26.2 Å². The highest BCUT2D eigenvalue weighted by molar-refractivity contribution is 9.10.